The van der Waals surface area contributed by atoms with Gasteiger partial charge in [-0.05, 0) is 19.8 Å². The molecule has 2 unspecified atom stereocenters. The molecule has 1 saturated carbocycles. The maximum absolute atomic E-state index is 10.4. The second-order valence-corrected chi connectivity index (χ2v) is 3.26. The van der Waals surface area contributed by atoms with Gasteiger partial charge in [-0.15, -0.1) is 11.6 Å². The van der Waals surface area contributed by atoms with Gasteiger partial charge in [0.05, 0.1) is 5.41 Å². The number of hydrogen-bond donors (Lipinski definition) is 1. The van der Waals surface area contributed by atoms with Crippen LogP contribution in [0.5, 0.6) is 0 Å². The predicted molar refractivity (Wildman–Crippen MR) is 34.6 cm³/mol. The van der Waals surface area contributed by atoms with E-state index in [2.05, 4.69) is 0 Å². The minimum atomic E-state index is -0.770. The summed E-state index contributed by atoms with van der Waals surface area (Å²) >= 11 is 5.67. The van der Waals surface area contributed by atoms with Crippen molar-refractivity contribution in [3.8, 4) is 0 Å². The van der Waals surface area contributed by atoms with Crippen LogP contribution < -0.4 is 0 Å². The fourth-order valence-corrected chi connectivity index (χ4v) is 1.24. The molecule has 1 rings (SSSR count). The first-order chi connectivity index (χ1) is 4.07. The van der Waals surface area contributed by atoms with Gasteiger partial charge >= 0.3 is 5.97 Å². The van der Waals surface area contributed by atoms with Crippen molar-refractivity contribution in [2.24, 2.45) is 5.41 Å². The Labute approximate surface area is 58.8 Å². The number of carboxylic acids is 1. The molecule has 0 aromatic carbocycles. The number of carbonyl (C=O) groups is 1. The van der Waals surface area contributed by atoms with Crippen molar-refractivity contribution >= 4 is 17.6 Å². The molecule has 1 fully saturated rings. The zero-order valence-electron chi connectivity index (χ0n) is 5.22. The molecule has 3 heteroatoms. The van der Waals surface area contributed by atoms with E-state index in [-0.39, 0.29) is 5.38 Å². The van der Waals surface area contributed by atoms with Gasteiger partial charge in [-0.1, -0.05) is 0 Å². The quantitative estimate of drug-likeness (QED) is 0.572. The molecule has 0 aromatic heterocycles. The van der Waals surface area contributed by atoms with Crippen LogP contribution in [0, 0.1) is 5.41 Å². The van der Waals surface area contributed by atoms with Crippen molar-refractivity contribution in [3.63, 3.8) is 0 Å². The SMILES string of the molecule is CC1(C(=O)O)CCC1Cl. The molecule has 52 valence electrons. The monoisotopic (exact) mass is 148 g/mol. The van der Waals surface area contributed by atoms with Crippen molar-refractivity contribution < 1.29 is 9.90 Å². The minimum absolute atomic E-state index is 0.157. The summed E-state index contributed by atoms with van der Waals surface area (Å²) in [6.45, 7) is 1.69. The number of hydrogen-bond acceptors (Lipinski definition) is 1. The van der Waals surface area contributed by atoms with E-state index in [0.29, 0.717) is 0 Å². The zero-order valence-corrected chi connectivity index (χ0v) is 5.98. The third kappa shape index (κ3) is 0.816. The van der Waals surface area contributed by atoms with Gasteiger partial charge in [0.2, 0.25) is 0 Å². The van der Waals surface area contributed by atoms with Gasteiger partial charge in [0.25, 0.3) is 0 Å². The number of aliphatic carboxylic acids is 1. The molecule has 0 amide bonds. The lowest BCUT2D eigenvalue weighted by Gasteiger charge is -2.39. The summed E-state index contributed by atoms with van der Waals surface area (Å²) in [5.41, 5.74) is -0.637. The maximum atomic E-state index is 10.4. The maximum Gasteiger partial charge on any atom is 0.310 e. The Morgan fingerprint density at radius 3 is 2.44 bits per heavy atom. The van der Waals surface area contributed by atoms with E-state index in [1.165, 1.54) is 0 Å². The standard InChI is InChI=1S/C6H9ClO2/c1-6(5(8)9)3-2-4(6)7/h4H,2-3H2,1H3,(H,8,9). The first-order valence-electron chi connectivity index (χ1n) is 2.95. The highest BCUT2D eigenvalue weighted by Crippen LogP contribution is 2.44. The average Bonchev–Trinajstić information content (AvgIpc) is 1.82. The molecule has 2 atom stereocenters. The first kappa shape index (κ1) is 6.87. The fraction of sp³-hybridized carbons (Fsp3) is 0.833. The lowest BCUT2D eigenvalue weighted by molar-refractivity contribution is -0.152. The van der Waals surface area contributed by atoms with E-state index < -0.39 is 11.4 Å². The molecule has 1 aliphatic carbocycles. The molecular formula is C6H9ClO2. The molecule has 0 spiro atoms. The van der Waals surface area contributed by atoms with Crippen LogP contribution in [0.1, 0.15) is 19.8 Å². The lowest BCUT2D eigenvalue weighted by atomic mass is 9.70. The predicted octanol–water partition coefficient (Wildman–Crippen LogP) is 1.48. The molecule has 0 heterocycles. The highest BCUT2D eigenvalue weighted by atomic mass is 35.5. The summed E-state index contributed by atoms with van der Waals surface area (Å²) in [6, 6.07) is 0. The summed E-state index contributed by atoms with van der Waals surface area (Å²) in [6.07, 6.45) is 1.56. The van der Waals surface area contributed by atoms with Gasteiger partial charge in [-0.25, -0.2) is 0 Å². The number of halogens is 1. The number of carboxylic acid groups (broad SMARTS) is 1. The van der Waals surface area contributed by atoms with Crippen molar-refractivity contribution in [2.75, 3.05) is 0 Å². The molecular weight excluding hydrogens is 140 g/mol. The average molecular weight is 149 g/mol. The van der Waals surface area contributed by atoms with Gasteiger partial charge in [-0.2, -0.15) is 0 Å². The van der Waals surface area contributed by atoms with Crippen molar-refractivity contribution in [1.82, 2.24) is 0 Å². The topological polar surface area (TPSA) is 37.3 Å². The normalized spacial score (nSPS) is 41.8. The van der Waals surface area contributed by atoms with E-state index in [1.807, 2.05) is 0 Å². The van der Waals surface area contributed by atoms with E-state index in [4.69, 9.17) is 16.7 Å². The van der Waals surface area contributed by atoms with Crippen molar-refractivity contribution in [3.05, 3.63) is 0 Å². The Hall–Kier alpha value is -0.240. The lowest BCUT2D eigenvalue weighted by Crippen LogP contribution is -2.45. The second-order valence-electron chi connectivity index (χ2n) is 2.73. The van der Waals surface area contributed by atoms with E-state index >= 15 is 0 Å². The Bertz CT molecular complexity index is 146. The van der Waals surface area contributed by atoms with Crippen molar-refractivity contribution in [1.29, 1.82) is 0 Å². The van der Waals surface area contributed by atoms with Crippen LogP contribution in [0.4, 0.5) is 0 Å². The van der Waals surface area contributed by atoms with Crippen LogP contribution in [0.25, 0.3) is 0 Å². The summed E-state index contributed by atoms with van der Waals surface area (Å²) in [5, 5.41) is 8.42. The fourth-order valence-electron chi connectivity index (χ4n) is 0.927. The Balaban J connectivity index is 2.64. The van der Waals surface area contributed by atoms with Gasteiger partial charge in [0, 0.05) is 5.38 Å². The molecule has 0 radical (unpaired) electrons. The molecule has 0 aliphatic heterocycles. The van der Waals surface area contributed by atoms with Crippen LogP contribution in [0.2, 0.25) is 0 Å². The number of rotatable bonds is 1. The van der Waals surface area contributed by atoms with E-state index in [0.717, 1.165) is 12.8 Å². The van der Waals surface area contributed by atoms with Crippen LogP contribution in [-0.4, -0.2) is 16.5 Å². The Kier molecular flexibility index (Phi) is 1.43. The molecule has 1 aliphatic rings. The van der Waals surface area contributed by atoms with E-state index in [9.17, 15) is 4.79 Å². The largest absolute Gasteiger partial charge is 0.481 e. The number of alkyl halides is 1. The summed E-state index contributed by atoms with van der Waals surface area (Å²) in [7, 11) is 0. The van der Waals surface area contributed by atoms with Gasteiger partial charge in [0.1, 0.15) is 0 Å². The zero-order chi connectivity index (χ0) is 7.07. The highest BCUT2D eigenvalue weighted by molar-refractivity contribution is 6.23. The van der Waals surface area contributed by atoms with Crippen LogP contribution in [-0.2, 0) is 4.79 Å². The van der Waals surface area contributed by atoms with Gasteiger partial charge < -0.3 is 5.11 Å². The van der Waals surface area contributed by atoms with Gasteiger partial charge in [0.15, 0.2) is 0 Å². The van der Waals surface area contributed by atoms with E-state index in [1.54, 1.807) is 6.92 Å². The van der Waals surface area contributed by atoms with Crippen LogP contribution in [0.3, 0.4) is 0 Å². The second kappa shape index (κ2) is 1.87. The Morgan fingerprint density at radius 1 is 1.89 bits per heavy atom. The van der Waals surface area contributed by atoms with Crippen LogP contribution in [0.15, 0.2) is 0 Å². The molecule has 0 aromatic rings. The third-order valence-corrected chi connectivity index (χ3v) is 2.80. The summed E-state index contributed by atoms with van der Waals surface area (Å²) < 4.78 is 0. The molecule has 1 N–H and O–H groups in total. The smallest absolute Gasteiger partial charge is 0.310 e. The van der Waals surface area contributed by atoms with Crippen LogP contribution >= 0.6 is 11.6 Å². The summed E-state index contributed by atoms with van der Waals surface area (Å²) in [5.74, 6) is -0.770. The molecule has 9 heavy (non-hydrogen) atoms. The summed E-state index contributed by atoms with van der Waals surface area (Å²) in [4.78, 5) is 10.4. The highest BCUT2D eigenvalue weighted by Gasteiger charge is 2.47. The van der Waals surface area contributed by atoms with Crippen molar-refractivity contribution in [2.45, 2.75) is 25.1 Å². The molecule has 0 bridgehead atoms. The first-order valence-corrected chi connectivity index (χ1v) is 3.38. The molecule has 0 saturated heterocycles. The van der Waals surface area contributed by atoms with Gasteiger partial charge in [-0.3, -0.25) is 4.79 Å². The molecule has 2 nitrogen and oxygen atoms in total. The minimum Gasteiger partial charge on any atom is -0.481 e. The Morgan fingerprint density at radius 2 is 2.44 bits per heavy atom. The third-order valence-electron chi connectivity index (χ3n) is 2.10.